The van der Waals surface area contributed by atoms with Crippen molar-refractivity contribution in [2.75, 3.05) is 13.6 Å². The van der Waals surface area contributed by atoms with Gasteiger partial charge >= 0.3 is 0 Å². The SMILES string of the molecule is CC1CC1CN(C)C1CCC(N)CC1. The molecule has 0 aliphatic heterocycles. The summed E-state index contributed by atoms with van der Waals surface area (Å²) in [4.78, 5) is 2.58. The Labute approximate surface area is 87.8 Å². The van der Waals surface area contributed by atoms with E-state index in [0.29, 0.717) is 6.04 Å². The second-order valence-electron chi connectivity index (χ2n) is 5.48. The highest BCUT2D eigenvalue weighted by Crippen LogP contribution is 2.38. The number of nitrogens with two attached hydrogens (primary N) is 1. The minimum absolute atomic E-state index is 0.486. The van der Waals surface area contributed by atoms with Gasteiger partial charge in [-0.1, -0.05) is 6.92 Å². The van der Waals surface area contributed by atoms with Crippen LogP contribution in [0.25, 0.3) is 0 Å². The van der Waals surface area contributed by atoms with Gasteiger partial charge in [-0.25, -0.2) is 0 Å². The number of nitrogens with zero attached hydrogens (tertiary/aromatic N) is 1. The monoisotopic (exact) mass is 196 g/mol. The molecule has 0 aromatic heterocycles. The van der Waals surface area contributed by atoms with Gasteiger partial charge in [-0.2, -0.15) is 0 Å². The van der Waals surface area contributed by atoms with E-state index in [2.05, 4.69) is 18.9 Å². The lowest BCUT2D eigenvalue weighted by atomic mass is 9.91. The molecule has 0 bridgehead atoms. The van der Waals surface area contributed by atoms with Crippen molar-refractivity contribution in [1.29, 1.82) is 0 Å². The summed E-state index contributed by atoms with van der Waals surface area (Å²) >= 11 is 0. The molecule has 0 radical (unpaired) electrons. The lowest BCUT2D eigenvalue weighted by Gasteiger charge is -2.33. The molecule has 82 valence electrons. The van der Waals surface area contributed by atoms with E-state index in [1.807, 2.05) is 0 Å². The van der Waals surface area contributed by atoms with Crippen molar-refractivity contribution in [3.8, 4) is 0 Å². The van der Waals surface area contributed by atoms with Crippen molar-refractivity contribution in [3.63, 3.8) is 0 Å². The van der Waals surface area contributed by atoms with Crippen molar-refractivity contribution in [2.24, 2.45) is 17.6 Å². The Morgan fingerprint density at radius 2 is 1.79 bits per heavy atom. The summed E-state index contributed by atoms with van der Waals surface area (Å²) in [6, 6.07) is 1.31. The van der Waals surface area contributed by atoms with Crippen molar-refractivity contribution in [3.05, 3.63) is 0 Å². The molecule has 2 unspecified atom stereocenters. The van der Waals surface area contributed by atoms with Crippen molar-refractivity contribution >= 4 is 0 Å². The molecule has 0 saturated heterocycles. The molecule has 2 aliphatic carbocycles. The van der Waals surface area contributed by atoms with Gasteiger partial charge in [0.2, 0.25) is 0 Å². The molecule has 0 aromatic rings. The summed E-state index contributed by atoms with van der Waals surface area (Å²) in [5.41, 5.74) is 5.91. The molecule has 2 rings (SSSR count). The summed E-state index contributed by atoms with van der Waals surface area (Å²) in [6.07, 6.45) is 6.55. The van der Waals surface area contributed by atoms with Crippen LogP contribution in [0.2, 0.25) is 0 Å². The van der Waals surface area contributed by atoms with Crippen molar-refractivity contribution < 1.29 is 0 Å². The van der Waals surface area contributed by atoms with E-state index < -0.39 is 0 Å². The highest BCUT2D eigenvalue weighted by Gasteiger charge is 2.34. The number of hydrogen-bond acceptors (Lipinski definition) is 2. The fourth-order valence-electron chi connectivity index (χ4n) is 2.71. The van der Waals surface area contributed by atoms with E-state index in [0.717, 1.165) is 17.9 Å². The van der Waals surface area contributed by atoms with Crippen LogP contribution in [-0.4, -0.2) is 30.6 Å². The summed E-state index contributed by atoms with van der Waals surface area (Å²) in [5.74, 6) is 1.99. The molecular formula is C12H24N2. The van der Waals surface area contributed by atoms with E-state index in [1.54, 1.807) is 0 Å². The first kappa shape index (κ1) is 10.4. The zero-order chi connectivity index (χ0) is 10.1. The van der Waals surface area contributed by atoms with Gasteiger partial charge in [0.15, 0.2) is 0 Å². The molecule has 14 heavy (non-hydrogen) atoms. The molecule has 2 fully saturated rings. The predicted molar refractivity (Wildman–Crippen MR) is 60.1 cm³/mol. The van der Waals surface area contributed by atoms with Crippen LogP contribution >= 0.6 is 0 Å². The normalized spacial score (nSPS) is 42.9. The third-order valence-electron chi connectivity index (χ3n) is 4.16. The molecule has 2 nitrogen and oxygen atoms in total. The Bertz CT molecular complexity index is 185. The lowest BCUT2D eigenvalue weighted by molar-refractivity contribution is 0.175. The number of hydrogen-bond donors (Lipinski definition) is 1. The van der Waals surface area contributed by atoms with Gasteiger partial charge < -0.3 is 10.6 Å². The average Bonchev–Trinajstić information content (AvgIpc) is 2.82. The molecule has 0 amide bonds. The maximum atomic E-state index is 5.91. The van der Waals surface area contributed by atoms with Gasteiger partial charge in [-0.05, 0) is 51.0 Å². The van der Waals surface area contributed by atoms with Crippen LogP contribution in [0.5, 0.6) is 0 Å². The van der Waals surface area contributed by atoms with E-state index in [9.17, 15) is 0 Å². The van der Waals surface area contributed by atoms with E-state index in [4.69, 9.17) is 5.73 Å². The van der Waals surface area contributed by atoms with Crippen LogP contribution in [0.3, 0.4) is 0 Å². The quantitative estimate of drug-likeness (QED) is 0.746. The maximum absolute atomic E-state index is 5.91. The fraction of sp³-hybridized carbons (Fsp3) is 1.00. The van der Waals surface area contributed by atoms with Crippen molar-refractivity contribution in [2.45, 2.75) is 51.1 Å². The van der Waals surface area contributed by atoms with Gasteiger partial charge in [0.25, 0.3) is 0 Å². The van der Waals surface area contributed by atoms with Crippen LogP contribution < -0.4 is 5.73 Å². The van der Waals surface area contributed by atoms with Gasteiger partial charge in [-0.15, -0.1) is 0 Å². The highest BCUT2D eigenvalue weighted by molar-refractivity contribution is 4.87. The van der Waals surface area contributed by atoms with Gasteiger partial charge in [-0.3, -0.25) is 0 Å². The van der Waals surface area contributed by atoms with Gasteiger partial charge in [0.1, 0.15) is 0 Å². The standard InChI is InChI=1S/C12H24N2/c1-9-7-10(9)8-14(2)12-5-3-11(13)4-6-12/h9-12H,3-8,13H2,1-2H3. The first-order valence-electron chi connectivity index (χ1n) is 6.12. The third kappa shape index (κ3) is 2.48. The van der Waals surface area contributed by atoms with Crippen LogP contribution in [0.4, 0.5) is 0 Å². The first-order valence-corrected chi connectivity index (χ1v) is 6.12. The van der Waals surface area contributed by atoms with E-state index in [-0.39, 0.29) is 0 Å². The summed E-state index contributed by atoms with van der Waals surface area (Å²) in [5, 5.41) is 0. The minimum atomic E-state index is 0.486. The second-order valence-corrected chi connectivity index (χ2v) is 5.48. The fourth-order valence-corrected chi connectivity index (χ4v) is 2.71. The molecule has 2 atom stereocenters. The zero-order valence-corrected chi connectivity index (χ0v) is 9.58. The molecule has 0 aromatic carbocycles. The molecule has 0 spiro atoms. The van der Waals surface area contributed by atoms with E-state index in [1.165, 1.54) is 38.6 Å². The Morgan fingerprint density at radius 1 is 1.21 bits per heavy atom. The Hall–Kier alpha value is -0.0800. The maximum Gasteiger partial charge on any atom is 0.00934 e. The Morgan fingerprint density at radius 3 is 2.29 bits per heavy atom. The Kier molecular flexibility index (Phi) is 3.13. The van der Waals surface area contributed by atoms with Crippen LogP contribution in [0.15, 0.2) is 0 Å². The summed E-state index contributed by atoms with van der Waals surface area (Å²) in [7, 11) is 2.30. The van der Waals surface area contributed by atoms with Crippen LogP contribution in [-0.2, 0) is 0 Å². The average molecular weight is 196 g/mol. The molecule has 2 saturated carbocycles. The lowest BCUT2D eigenvalue weighted by Crippen LogP contribution is -2.39. The van der Waals surface area contributed by atoms with Gasteiger partial charge in [0, 0.05) is 18.6 Å². The summed E-state index contributed by atoms with van der Waals surface area (Å²) in [6.45, 7) is 3.69. The van der Waals surface area contributed by atoms with Crippen LogP contribution in [0, 0.1) is 11.8 Å². The molecule has 2 N–H and O–H groups in total. The predicted octanol–water partition coefficient (Wildman–Crippen LogP) is 1.84. The summed E-state index contributed by atoms with van der Waals surface area (Å²) < 4.78 is 0. The molecule has 2 aliphatic rings. The van der Waals surface area contributed by atoms with E-state index >= 15 is 0 Å². The van der Waals surface area contributed by atoms with Crippen LogP contribution in [0.1, 0.15) is 39.0 Å². The smallest absolute Gasteiger partial charge is 0.00934 e. The minimum Gasteiger partial charge on any atom is -0.328 e. The topological polar surface area (TPSA) is 29.3 Å². The van der Waals surface area contributed by atoms with Crippen molar-refractivity contribution in [1.82, 2.24) is 4.90 Å². The molecule has 2 heteroatoms. The third-order valence-corrected chi connectivity index (χ3v) is 4.16. The first-order chi connectivity index (χ1) is 6.66. The molecular weight excluding hydrogens is 172 g/mol. The molecule has 0 heterocycles. The Balaban J connectivity index is 1.72. The zero-order valence-electron chi connectivity index (χ0n) is 9.58. The largest absolute Gasteiger partial charge is 0.328 e. The van der Waals surface area contributed by atoms with Gasteiger partial charge in [0.05, 0.1) is 0 Å². The second kappa shape index (κ2) is 4.19. The number of rotatable bonds is 3. The highest BCUT2D eigenvalue weighted by atomic mass is 15.1.